The van der Waals surface area contributed by atoms with Gasteiger partial charge < -0.3 is 4.90 Å². The van der Waals surface area contributed by atoms with Gasteiger partial charge in [-0.3, -0.25) is 4.79 Å². The van der Waals surface area contributed by atoms with Gasteiger partial charge >= 0.3 is 0 Å². The molecule has 6 heteroatoms. The molecule has 2 heterocycles. The van der Waals surface area contributed by atoms with Gasteiger partial charge in [-0.25, -0.2) is 14.6 Å². The summed E-state index contributed by atoms with van der Waals surface area (Å²) in [5.74, 6) is 0.887. The molecule has 1 aliphatic carbocycles. The summed E-state index contributed by atoms with van der Waals surface area (Å²) in [6.45, 7) is 6.80. The predicted octanol–water partition coefficient (Wildman–Crippen LogP) is 3.85. The average molecular weight is 390 g/mol. The number of carbonyl (C=O) groups excluding carboxylic acids is 1. The Kier molecular flexibility index (Phi) is 5.18. The van der Waals surface area contributed by atoms with Gasteiger partial charge in [-0.05, 0) is 43.2 Å². The van der Waals surface area contributed by atoms with Gasteiger partial charge in [0.15, 0.2) is 0 Å². The molecule has 2 aromatic heterocycles. The second-order valence-corrected chi connectivity index (χ2v) is 8.19. The van der Waals surface area contributed by atoms with Gasteiger partial charge in [0.05, 0.1) is 23.1 Å². The Morgan fingerprint density at radius 1 is 1.17 bits per heavy atom. The maximum absolute atomic E-state index is 12.8. The van der Waals surface area contributed by atoms with E-state index in [1.807, 2.05) is 20.2 Å². The van der Waals surface area contributed by atoms with Crippen molar-refractivity contribution in [1.29, 1.82) is 0 Å². The van der Waals surface area contributed by atoms with Crippen LogP contribution in [0.5, 0.6) is 0 Å². The third kappa shape index (κ3) is 3.67. The molecule has 0 bridgehead atoms. The molecule has 1 aliphatic rings. The summed E-state index contributed by atoms with van der Waals surface area (Å²) in [6, 6.07) is 8.43. The standard InChI is InChI=1S/C23H27N5O/c1-15(2)14-27(4)22(29)20-13-25-28(16(20)3)23-24-12-18-10-7-9-17-8-5-6-11-19(17)21(18)26-23/h5-6,8,11-13,15H,7,9-10,14H2,1-4H3. The maximum Gasteiger partial charge on any atom is 0.257 e. The lowest BCUT2D eigenvalue weighted by molar-refractivity contribution is 0.0778. The number of nitrogens with zero attached hydrogens (tertiary/aromatic N) is 5. The van der Waals surface area contributed by atoms with E-state index in [1.165, 1.54) is 11.1 Å². The molecule has 1 aromatic carbocycles. The van der Waals surface area contributed by atoms with Crippen LogP contribution in [0, 0.1) is 12.8 Å². The number of rotatable bonds is 4. The summed E-state index contributed by atoms with van der Waals surface area (Å²) in [4.78, 5) is 24.0. The van der Waals surface area contributed by atoms with Crippen molar-refractivity contribution >= 4 is 5.91 Å². The van der Waals surface area contributed by atoms with E-state index >= 15 is 0 Å². The second kappa shape index (κ2) is 7.78. The van der Waals surface area contributed by atoms with Crippen molar-refractivity contribution in [3.05, 3.63) is 59.0 Å². The largest absolute Gasteiger partial charge is 0.341 e. The van der Waals surface area contributed by atoms with Gasteiger partial charge in [0.2, 0.25) is 0 Å². The fraction of sp³-hybridized carbons (Fsp3) is 0.391. The van der Waals surface area contributed by atoms with Crippen LogP contribution in [-0.4, -0.2) is 44.1 Å². The first-order valence-corrected chi connectivity index (χ1v) is 10.2. The fourth-order valence-electron chi connectivity index (χ4n) is 4.01. The normalized spacial score (nSPS) is 13.0. The number of fused-ring (bicyclic) bond motifs is 3. The van der Waals surface area contributed by atoms with Crippen LogP contribution < -0.4 is 0 Å². The van der Waals surface area contributed by atoms with Gasteiger partial charge in [-0.2, -0.15) is 5.10 Å². The molecular formula is C23H27N5O. The van der Waals surface area contributed by atoms with E-state index in [0.29, 0.717) is 24.0 Å². The molecule has 3 aromatic rings. The highest BCUT2D eigenvalue weighted by Crippen LogP contribution is 2.31. The maximum atomic E-state index is 12.8. The highest BCUT2D eigenvalue weighted by atomic mass is 16.2. The third-order valence-electron chi connectivity index (χ3n) is 5.43. The van der Waals surface area contributed by atoms with Gasteiger partial charge in [-0.1, -0.05) is 38.1 Å². The SMILES string of the molecule is Cc1c(C(=O)N(C)CC(C)C)cnn1-c1ncc2c(n1)-c1ccccc1CCC2. The Labute approximate surface area is 171 Å². The highest BCUT2D eigenvalue weighted by molar-refractivity contribution is 5.95. The summed E-state index contributed by atoms with van der Waals surface area (Å²) >= 11 is 0. The molecule has 0 saturated heterocycles. The van der Waals surface area contributed by atoms with Crippen LogP contribution in [0.15, 0.2) is 36.7 Å². The Balaban J connectivity index is 1.72. The summed E-state index contributed by atoms with van der Waals surface area (Å²) < 4.78 is 1.67. The molecular weight excluding hydrogens is 362 g/mol. The van der Waals surface area contributed by atoms with Crippen molar-refractivity contribution in [3.8, 4) is 17.2 Å². The smallest absolute Gasteiger partial charge is 0.257 e. The minimum atomic E-state index is -0.0254. The molecule has 0 N–H and O–H groups in total. The van der Waals surface area contributed by atoms with Crippen molar-refractivity contribution in [2.24, 2.45) is 5.92 Å². The van der Waals surface area contributed by atoms with Crippen molar-refractivity contribution in [3.63, 3.8) is 0 Å². The Morgan fingerprint density at radius 2 is 1.93 bits per heavy atom. The predicted molar refractivity (Wildman–Crippen MR) is 113 cm³/mol. The van der Waals surface area contributed by atoms with Crippen molar-refractivity contribution in [2.75, 3.05) is 13.6 Å². The van der Waals surface area contributed by atoms with E-state index in [-0.39, 0.29) is 5.91 Å². The molecule has 0 spiro atoms. The molecule has 4 rings (SSSR count). The van der Waals surface area contributed by atoms with Gasteiger partial charge in [0, 0.05) is 25.4 Å². The van der Waals surface area contributed by atoms with E-state index in [9.17, 15) is 4.79 Å². The zero-order valence-corrected chi connectivity index (χ0v) is 17.5. The molecule has 0 fully saturated rings. The average Bonchev–Trinajstić information content (AvgIpc) is 2.98. The van der Waals surface area contributed by atoms with Crippen LogP contribution in [-0.2, 0) is 12.8 Å². The van der Waals surface area contributed by atoms with Crippen LogP contribution in [0.25, 0.3) is 17.2 Å². The Bertz CT molecular complexity index is 1050. The quantitative estimate of drug-likeness (QED) is 0.680. The van der Waals surface area contributed by atoms with Crippen molar-refractivity contribution < 1.29 is 4.79 Å². The van der Waals surface area contributed by atoms with E-state index in [4.69, 9.17) is 4.98 Å². The molecule has 6 nitrogen and oxygen atoms in total. The molecule has 0 unspecified atom stereocenters. The second-order valence-electron chi connectivity index (χ2n) is 8.19. The fourth-order valence-corrected chi connectivity index (χ4v) is 4.01. The summed E-state index contributed by atoms with van der Waals surface area (Å²) in [7, 11) is 1.83. The third-order valence-corrected chi connectivity index (χ3v) is 5.43. The number of benzene rings is 1. The Morgan fingerprint density at radius 3 is 2.72 bits per heavy atom. The molecule has 0 radical (unpaired) electrons. The lowest BCUT2D eigenvalue weighted by atomic mass is 10.0. The van der Waals surface area contributed by atoms with Crippen LogP contribution in [0.3, 0.4) is 0 Å². The lowest BCUT2D eigenvalue weighted by Gasteiger charge is -2.19. The van der Waals surface area contributed by atoms with Crippen molar-refractivity contribution in [1.82, 2.24) is 24.6 Å². The zero-order valence-electron chi connectivity index (χ0n) is 17.5. The van der Waals surface area contributed by atoms with E-state index in [2.05, 4.69) is 48.2 Å². The molecule has 0 atom stereocenters. The van der Waals surface area contributed by atoms with E-state index in [0.717, 1.165) is 36.2 Å². The Hall–Kier alpha value is -3.02. The number of amides is 1. The zero-order chi connectivity index (χ0) is 20.5. The van der Waals surface area contributed by atoms with E-state index < -0.39 is 0 Å². The monoisotopic (exact) mass is 389 g/mol. The molecule has 0 saturated carbocycles. The van der Waals surface area contributed by atoms with Gasteiger partial charge in [0.25, 0.3) is 11.9 Å². The molecule has 0 aliphatic heterocycles. The van der Waals surface area contributed by atoms with Gasteiger partial charge in [0.1, 0.15) is 0 Å². The van der Waals surface area contributed by atoms with Crippen LogP contribution in [0.1, 0.15) is 47.4 Å². The minimum absolute atomic E-state index is 0.0254. The van der Waals surface area contributed by atoms with E-state index in [1.54, 1.807) is 15.8 Å². The number of carbonyl (C=O) groups is 1. The number of hydrogen-bond acceptors (Lipinski definition) is 4. The number of aryl methyl sites for hydroxylation is 2. The first kappa shape index (κ1) is 19.3. The highest BCUT2D eigenvalue weighted by Gasteiger charge is 2.22. The topological polar surface area (TPSA) is 63.9 Å². The van der Waals surface area contributed by atoms with Crippen LogP contribution in [0.2, 0.25) is 0 Å². The minimum Gasteiger partial charge on any atom is -0.341 e. The summed E-state index contributed by atoms with van der Waals surface area (Å²) in [5.41, 5.74) is 5.97. The lowest BCUT2D eigenvalue weighted by Crippen LogP contribution is -2.30. The number of aromatic nitrogens is 4. The molecule has 29 heavy (non-hydrogen) atoms. The number of hydrogen-bond donors (Lipinski definition) is 0. The first-order chi connectivity index (χ1) is 14.0. The first-order valence-electron chi connectivity index (χ1n) is 10.2. The summed E-state index contributed by atoms with van der Waals surface area (Å²) in [5, 5.41) is 4.44. The van der Waals surface area contributed by atoms with Crippen LogP contribution in [0.4, 0.5) is 0 Å². The van der Waals surface area contributed by atoms with Crippen molar-refractivity contribution in [2.45, 2.75) is 40.0 Å². The van der Waals surface area contributed by atoms with Crippen LogP contribution >= 0.6 is 0 Å². The molecule has 1 amide bonds. The summed E-state index contributed by atoms with van der Waals surface area (Å²) in [6.07, 6.45) is 6.63. The van der Waals surface area contributed by atoms with Gasteiger partial charge in [-0.15, -0.1) is 0 Å². The molecule has 150 valence electrons.